The van der Waals surface area contributed by atoms with Crippen LogP contribution in [0.1, 0.15) is 44.3 Å². The van der Waals surface area contributed by atoms with Gasteiger partial charge >= 0.3 is 5.97 Å². The Morgan fingerprint density at radius 2 is 2.00 bits per heavy atom. The fourth-order valence-corrected chi connectivity index (χ4v) is 2.39. The first-order chi connectivity index (χ1) is 8.44. The van der Waals surface area contributed by atoms with Gasteiger partial charge < -0.3 is 9.84 Å². The van der Waals surface area contributed by atoms with Crippen LogP contribution in [-0.2, 0) is 15.1 Å². The second-order valence-corrected chi connectivity index (χ2v) is 5.19. The lowest BCUT2D eigenvalue weighted by Gasteiger charge is -2.28. The molecule has 1 aliphatic heterocycles. The second kappa shape index (κ2) is 4.68. The zero-order valence-corrected chi connectivity index (χ0v) is 11.0. The maximum Gasteiger partial charge on any atom is 0.329 e. The number of rotatable bonds is 3. The molecule has 1 aromatic rings. The van der Waals surface area contributed by atoms with Crippen LogP contribution in [0, 0.1) is 6.92 Å². The van der Waals surface area contributed by atoms with Gasteiger partial charge in [-0.05, 0) is 33.6 Å². The molecule has 2 heterocycles. The topological polar surface area (TPSA) is 77.2 Å². The van der Waals surface area contributed by atoms with Gasteiger partial charge in [0.1, 0.15) is 17.2 Å². The number of ether oxygens (including phenoxy) is 1. The molecular formula is C12H19N3O3. The van der Waals surface area contributed by atoms with Crippen LogP contribution in [0.25, 0.3) is 0 Å². The first-order valence-electron chi connectivity index (χ1n) is 6.18. The first kappa shape index (κ1) is 13.0. The molecule has 1 fully saturated rings. The van der Waals surface area contributed by atoms with Crippen LogP contribution in [0.5, 0.6) is 0 Å². The molecule has 6 heteroatoms. The van der Waals surface area contributed by atoms with Crippen LogP contribution in [0.4, 0.5) is 0 Å². The molecule has 1 aliphatic rings. The van der Waals surface area contributed by atoms with E-state index in [0.29, 0.717) is 19.0 Å². The van der Waals surface area contributed by atoms with E-state index >= 15 is 0 Å². The van der Waals surface area contributed by atoms with Crippen molar-refractivity contribution >= 4 is 5.97 Å². The maximum atomic E-state index is 11.4. The van der Waals surface area contributed by atoms with E-state index in [0.717, 1.165) is 18.7 Å². The minimum atomic E-state index is -1.03. The van der Waals surface area contributed by atoms with Gasteiger partial charge in [0.2, 0.25) is 0 Å². The third kappa shape index (κ3) is 2.12. The van der Waals surface area contributed by atoms with Crippen molar-refractivity contribution in [2.45, 2.75) is 45.1 Å². The van der Waals surface area contributed by atoms with Gasteiger partial charge in [-0.25, -0.2) is 4.79 Å². The summed E-state index contributed by atoms with van der Waals surface area (Å²) in [6.45, 7) is 6.54. The zero-order chi connectivity index (χ0) is 13.3. The Balaban J connectivity index is 2.40. The molecule has 0 atom stereocenters. The number of nitrogens with zero attached hydrogens (tertiary/aromatic N) is 3. The van der Waals surface area contributed by atoms with Gasteiger partial charge in [0.05, 0.1) is 0 Å². The van der Waals surface area contributed by atoms with E-state index in [2.05, 4.69) is 10.2 Å². The molecule has 0 radical (unpaired) electrons. The molecule has 0 amide bonds. The summed E-state index contributed by atoms with van der Waals surface area (Å²) in [6.07, 6.45) is 1.74. The summed E-state index contributed by atoms with van der Waals surface area (Å²) in [5.74, 6) is 0.768. The van der Waals surface area contributed by atoms with E-state index in [1.54, 1.807) is 25.3 Å². The highest BCUT2D eigenvalue weighted by atomic mass is 16.5. The van der Waals surface area contributed by atoms with Gasteiger partial charge in [-0.15, -0.1) is 10.2 Å². The number of aliphatic carboxylic acids is 1. The number of aryl methyl sites for hydroxylation is 1. The van der Waals surface area contributed by atoms with Crippen LogP contribution >= 0.6 is 0 Å². The largest absolute Gasteiger partial charge is 0.480 e. The second-order valence-electron chi connectivity index (χ2n) is 5.19. The molecule has 0 unspecified atom stereocenters. The van der Waals surface area contributed by atoms with E-state index in [1.165, 1.54) is 0 Å². The van der Waals surface area contributed by atoms with Gasteiger partial charge in [-0.1, -0.05) is 0 Å². The molecule has 18 heavy (non-hydrogen) atoms. The molecule has 0 aliphatic carbocycles. The third-order valence-corrected chi connectivity index (χ3v) is 3.52. The van der Waals surface area contributed by atoms with Gasteiger partial charge in [0.25, 0.3) is 0 Å². The number of hydrogen-bond donors (Lipinski definition) is 1. The van der Waals surface area contributed by atoms with Crippen LogP contribution in [0.15, 0.2) is 0 Å². The zero-order valence-electron chi connectivity index (χ0n) is 11.0. The van der Waals surface area contributed by atoms with Crippen LogP contribution in [0.3, 0.4) is 0 Å². The normalized spacial score (nSPS) is 17.9. The quantitative estimate of drug-likeness (QED) is 0.878. The lowest BCUT2D eigenvalue weighted by atomic mass is 9.97. The molecule has 1 aromatic heterocycles. The van der Waals surface area contributed by atoms with E-state index < -0.39 is 11.5 Å². The fraction of sp³-hybridized carbons (Fsp3) is 0.750. The summed E-state index contributed by atoms with van der Waals surface area (Å²) in [7, 11) is 0. The molecule has 0 aromatic carbocycles. The predicted molar refractivity (Wildman–Crippen MR) is 64.5 cm³/mol. The van der Waals surface area contributed by atoms with Crippen molar-refractivity contribution in [2.24, 2.45) is 0 Å². The minimum absolute atomic E-state index is 0.235. The highest BCUT2D eigenvalue weighted by molar-refractivity contribution is 5.75. The molecule has 2 rings (SSSR count). The Labute approximate surface area is 106 Å². The summed E-state index contributed by atoms with van der Waals surface area (Å²) in [5.41, 5.74) is -1.03. The standard InChI is InChI=1S/C12H19N3O3/c1-8-13-14-10(9-4-6-18-7-5-9)15(8)12(2,3)11(16)17/h9H,4-7H2,1-3H3,(H,16,17). The van der Waals surface area contributed by atoms with Crippen molar-refractivity contribution in [3.63, 3.8) is 0 Å². The summed E-state index contributed by atoms with van der Waals surface area (Å²) in [6, 6.07) is 0. The Morgan fingerprint density at radius 3 is 2.56 bits per heavy atom. The summed E-state index contributed by atoms with van der Waals surface area (Å²) >= 11 is 0. The van der Waals surface area contributed by atoms with Gasteiger partial charge in [0, 0.05) is 19.1 Å². The number of carbonyl (C=O) groups is 1. The number of aromatic nitrogens is 3. The molecular weight excluding hydrogens is 234 g/mol. The molecule has 0 bridgehead atoms. The van der Waals surface area contributed by atoms with Crippen molar-refractivity contribution in [2.75, 3.05) is 13.2 Å². The molecule has 1 saturated heterocycles. The highest BCUT2D eigenvalue weighted by Crippen LogP contribution is 2.30. The number of hydrogen-bond acceptors (Lipinski definition) is 4. The average Bonchev–Trinajstić information content (AvgIpc) is 2.72. The number of carboxylic acids is 1. The molecule has 6 nitrogen and oxygen atoms in total. The van der Waals surface area contributed by atoms with Crippen molar-refractivity contribution in [3.05, 3.63) is 11.6 Å². The van der Waals surface area contributed by atoms with E-state index in [-0.39, 0.29) is 5.92 Å². The van der Waals surface area contributed by atoms with Crippen LogP contribution in [-0.4, -0.2) is 39.1 Å². The van der Waals surface area contributed by atoms with E-state index in [1.807, 2.05) is 0 Å². The summed E-state index contributed by atoms with van der Waals surface area (Å²) in [5, 5.41) is 17.6. The predicted octanol–water partition coefficient (Wildman–Crippen LogP) is 1.30. The van der Waals surface area contributed by atoms with Crippen LogP contribution in [0.2, 0.25) is 0 Å². The Hall–Kier alpha value is -1.43. The summed E-state index contributed by atoms with van der Waals surface area (Å²) < 4.78 is 7.07. The monoisotopic (exact) mass is 253 g/mol. The van der Waals surface area contributed by atoms with E-state index in [9.17, 15) is 9.90 Å². The highest BCUT2D eigenvalue weighted by Gasteiger charge is 2.35. The van der Waals surface area contributed by atoms with Gasteiger partial charge in [-0.2, -0.15) is 0 Å². The van der Waals surface area contributed by atoms with Gasteiger partial charge in [0.15, 0.2) is 0 Å². The maximum absolute atomic E-state index is 11.4. The Morgan fingerprint density at radius 1 is 1.39 bits per heavy atom. The minimum Gasteiger partial charge on any atom is -0.480 e. The van der Waals surface area contributed by atoms with Crippen molar-refractivity contribution in [1.29, 1.82) is 0 Å². The Bertz CT molecular complexity index is 447. The lowest BCUT2D eigenvalue weighted by Crippen LogP contribution is -2.38. The summed E-state index contributed by atoms with van der Waals surface area (Å²) in [4.78, 5) is 11.4. The van der Waals surface area contributed by atoms with Gasteiger partial charge in [-0.3, -0.25) is 4.57 Å². The molecule has 0 saturated carbocycles. The SMILES string of the molecule is Cc1nnc(C2CCOCC2)n1C(C)(C)C(=O)O. The molecule has 1 N–H and O–H groups in total. The van der Waals surface area contributed by atoms with Crippen molar-refractivity contribution in [3.8, 4) is 0 Å². The Kier molecular flexibility index (Phi) is 3.38. The lowest BCUT2D eigenvalue weighted by molar-refractivity contribution is -0.145. The van der Waals surface area contributed by atoms with Crippen molar-refractivity contribution < 1.29 is 14.6 Å². The van der Waals surface area contributed by atoms with Crippen LogP contribution < -0.4 is 0 Å². The molecule has 100 valence electrons. The first-order valence-corrected chi connectivity index (χ1v) is 6.18. The number of carboxylic acid groups (broad SMARTS) is 1. The molecule has 0 spiro atoms. The average molecular weight is 253 g/mol. The fourth-order valence-electron chi connectivity index (χ4n) is 2.39. The van der Waals surface area contributed by atoms with E-state index in [4.69, 9.17) is 4.74 Å². The van der Waals surface area contributed by atoms with Crippen molar-refractivity contribution in [1.82, 2.24) is 14.8 Å². The smallest absolute Gasteiger partial charge is 0.329 e. The third-order valence-electron chi connectivity index (χ3n) is 3.52.